The predicted octanol–water partition coefficient (Wildman–Crippen LogP) is 4.45. The fourth-order valence-electron chi connectivity index (χ4n) is 3.07. The minimum atomic E-state index is -4.77. The van der Waals surface area contributed by atoms with Crippen LogP contribution in [0, 0.1) is 5.92 Å². The van der Waals surface area contributed by atoms with E-state index in [-0.39, 0.29) is 31.8 Å². The summed E-state index contributed by atoms with van der Waals surface area (Å²) in [4.78, 5) is 15.9. The van der Waals surface area contributed by atoms with Crippen molar-refractivity contribution in [2.75, 3.05) is 18.4 Å². The first-order chi connectivity index (χ1) is 14.0. The van der Waals surface area contributed by atoms with Crippen LogP contribution < -0.4 is 5.32 Å². The first kappa shape index (κ1) is 22.8. The Balaban J connectivity index is 1.68. The van der Waals surface area contributed by atoms with Crippen LogP contribution in [0.4, 0.5) is 19.0 Å². The molecule has 0 spiro atoms. The molecular weight excluding hydrogens is 466 g/mol. The van der Waals surface area contributed by atoms with Crippen LogP contribution in [0.3, 0.4) is 0 Å². The van der Waals surface area contributed by atoms with Gasteiger partial charge >= 0.3 is 6.18 Å². The topological polar surface area (TPSA) is 79.4 Å². The van der Waals surface area contributed by atoms with Crippen LogP contribution in [-0.2, 0) is 21.0 Å². The number of pyridine rings is 1. The molecule has 0 bridgehead atoms. The maximum absolute atomic E-state index is 13.1. The van der Waals surface area contributed by atoms with E-state index >= 15 is 0 Å². The van der Waals surface area contributed by atoms with Gasteiger partial charge in [-0.2, -0.15) is 17.5 Å². The molecule has 12 heteroatoms. The third-order valence-electron chi connectivity index (χ3n) is 4.68. The summed E-state index contributed by atoms with van der Waals surface area (Å²) >= 11 is 11.3. The van der Waals surface area contributed by atoms with Gasteiger partial charge in [-0.1, -0.05) is 23.2 Å². The van der Waals surface area contributed by atoms with Crippen LogP contribution in [-0.4, -0.2) is 36.7 Å². The smallest absolute Gasteiger partial charge is 0.310 e. The minimum absolute atomic E-state index is 0.00154. The first-order valence-corrected chi connectivity index (χ1v) is 11.0. The summed E-state index contributed by atoms with van der Waals surface area (Å²) < 4.78 is 65.8. The molecule has 0 saturated carbocycles. The molecule has 0 radical (unpaired) electrons. The average molecular weight is 482 g/mol. The number of aromatic nitrogens is 1. The van der Waals surface area contributed by atoms with Crippen molar-refractivity contribution >= 4 is 45.0 Å². The normalized spacial score (nSPS) is 16.4. The number of nitrogens with zero attached hydrogens (tertiary/aromatic N) is 2. The van der Waals surface area contributed by atoms with E-state index in [9.17, 15) is 26.4 Å². The molecule has 1 fully saturated rings. The number of sulfonamides is 1. The van der Waals surface area contributed by atoms with Gasteiger partial charge in [0, 0.05) is 25.2 Å². The van der Waals surface area contributed by atoms with E-state index in [4.69, 9.17) is 23.2 Å². The lowest BCUT2D eigenvalue weighted by atomic mass is 9.97. The Hall–Kier alpha value is -1.88. The van der Waals surface area contributed by atoms with Gasteiger partial charge in [0.05, 0.1) is 20.5 Å². The second-order valence-electron chi connectivity index (χ2n) is 6.67. The van der Waals surface area contributed by atoms with Gasteiger partial charge in [-0.05, 0) is 43.2 Å². The van der Waals surface area contributed by atoms with Crippen molar-refractivity contribution < 1.29 is 26.4 Å². The largest absolute Gasteiger partial charge is 0.417 e. The summed E-state index contributed by atoms with van der Waals surface area (Å²) in [6.45, 7) is -0.00309. The summed E-state index contributed by atoms with van der Waals surface area (Å²) in [5, 5.41) is 2.48. The molecule has 30 heavy (non-hydrogen) atoms. The molecule has 0 aliphatic carbocycles. The molecule has 1 aromatic heterocycles. The fraction of sp³-hybridized carbons (Fsp3) is 0.333. The first-order valence-electron chi connectivity index (χ1n) is 8.78. The van der Waals surface area contributed by atoms with Crippen LogP contribution in [0.5, 0.6) is 0 Å². The molecule has 162 valence electrons. The standard InChI is InChI=1S/C18H16Cl2F3N3O3S/c19-12-1-4-16(24-10-12)25-17(27)11-5-7-26(8-6-11)30(28,29)13-2-3-15(20)14(9-13)18(21,22)23/h1-4,9-11H,5-8H2,(H,24,25,27). The Labute approximate surface area is 181 Å². The molecular formula is C18H16Cl2F3N3O3S. The maximum Gasteiger partial charge on any atom is 0.417 e. The number of amides is 1. The molecule has 1 saturated heterocycles. The van der Waals surface area contributed by atoms with E-state index < -0.39 is 37.6 Å². The van der Waals surface area contributed by atoms with Gasteiger partial charge in [-0.15, -0.1) is 0 Å². The average Bonchev–Trinajstić information content (AvgIpc) is 2.69. The zero-order valence-electron chi connectivity index (χ0n) is 15.3. The molecule has 1 N–H and O–H groups in total. The Morgan fingerprint density at radius 1 is 1.13 bits per heavy atom. The van der Waals surface area contributed by atoms with Crippen LogP contribution >= 0.6 is 23.2 Å². The SMILES string of the molecule is O=C(Nc1ccc(Cl)cn1)C1CCN(S(=O)(=O)c2ccc(Cl)c(C(F)(F)F)c2)CC1. The lowest BCUT2D eigenvalue weighted by Gasteiger charge is -2.30. The Kier molecular flexibility index (Phi) is 6.61. The highest BCUT2D eigenvalue weighted by atomic mass is 35.5. The lowest BCUT2D eigenvalue weighted by Crippen LogP contribution is -2.41. The van der Waals surface area contributed by atoms with Gasteiger partial charge < -0.3 is 5.32 Å². The van der Waals surface area contributed by atoms with Crippen molar-refractivity contribution in [3.8, 4) is 0 Å². The fourth-order valence-corrected chi connectivity index (χ4v) is 4.90. The summed E-state index contributed by atoms with van der Waals surface area (Å²) in [5.74, 6) is -0.446. The molecule has 1 aromatic carbocycles. The van der Waals surface area contributed by atoms with E-state index in [2.05, 4.69) is 10.3 Å². The molecule has 6 nitrogen and oxygen atoms in total. The number of alkyl halides is 3. The monoisotopic (exact) mass is 481 g/mol. The third-order valence-corrected chi connectivity index (χ3v) is 7.13. The van der Waals surface area contributed by atoms with Crippen LogP contribution in [0.2, 0.25) is 10.0 Å². The van der Waals surface area contributed by atoms with E-state index in [1.54, 1.807) is 12.1 Å². The lowest BCUT2D eigenvalue weighted by molar-refractivity contribution is -0.137. The number of hydrogen-bond donors (Lipinski definition) is 1. The Morgan fingerprint density at radius 3 is 2.37 bits per heavy atom. The van der Waals surface area contributed by atoms with E-state index in [1.807, 2.05) is 0 Å². The summed E-state index contributed by atoms with van der Waals surface area (Å²) in [7, 11) is -4.16. The molecule has 0 unspecified atom stereocenters. The minimum Gasteiger partial charge on any atom is -0.310 e. The third kappa shape index (κ3) is 5.05. The van der Waals surface area contributed by atoms with Crippen molar-refractivity contribution in [3.63, 3.8) is 0 Å². The van der Waals surface area contributed by atoms with Crippen molar-refractivity contribution in [2.45, 2.75) is 23.9 Å². The zero-order valence-corrected chi connectivity index (χ0v) is 17.6. The van der Waals surface area contributed by atoms with E-state index in [0.717, 1.165) is 16.4 Å². The number of halogens is 5. The highest BCUT2D eigenvalue weighted by molar-refractivity contribution is 7.89. The highest BCUT2D eigenvalue weighted by Crippen LogP contribution is 2.36. The van der Waals surface area contributed by atoms with E-state index in [0.29, 0.717) is 16.9 Å². The Morgan fingerprint density at radius 2 is 1.80 bits per heavy atom. The zero-order chi connectivity index (χ0) is 22.1. The van der Waals surface area contributed by atoms with Crippen molar-refractivity contribution in [1.82, 2.24) is 9.29 Å². The van der Waals surface area contributed by atoms with Crippen LogP contribution in [0.25, 0.3) is 0 Å². The van der Waals surface area contributed by atoms with Crippen LogP contribution in [0.15, 0.2) is 41.4 Å². The highest BCUT2D eigenvalue weighted by Gasteiger charge is 2.37. The number of benzene rings is 1. The van der Waals surface area contributed by atoms with Crippen molar-refractivity contribution in [2.24, 2.45) is 5.92 Å². The number of hydrogen-bond acceptors (Lipinski definition) is 4. The Bertz CT molecular complexity index is 1040. The molecule has 1 amide bonds. The number of nitrogens with one attached hydrogen (secondary N) is 1. The van der Waals surface area contributed by atoms with E-state index in [1.165, 1.54) is 6.20 Å². The van der Waals surface area contributed by atoms with Gasteiger partial charge in [-0.3, -0.25) is 4.79 Å². The second kappa shape index (κ2) is 8.70. The number of carbonyl (C=O) groups excluding carboxylic acids is 1. The molecule has 1 aliphatic heterocycles. The van der Waals surface area contributed by atoms with Gasteiger partial charge in [0.2, 0.25) is 15.9 Å². The quantitative estimate of drug-likeness (QED) is 0.699. The van der Waals surface area contributed by atoms with Gasteiger partial charge in [0.1, 0.15) is 5.82 Å². The summed E-state index contributed by atoms with van der Waals surface area (Å²) in [6.07, 6.45) is -2.95. The van der Waals surface area contributed by atoms with Gasteiger partial charge in [-0.25, -0.2) is 13.4 Å². The van der Waals surface area contributed by atoms with Gasteiger partial charge in [0.15, 0.2) is 0 Å². The predicted molar refractivity (Wildman–Crippen MR) is 106 cm³/mol. The summed E-state index contributed by atoms with van der Waals surface area (Å²) in [6, 6.07) is 5.59. The number of piperidine rings is 1. The number of anilines is 1. The maximum atomic E-state index is 13.1. The van der Waals surface area contributed by atoms with Crippen molar-refractivity contribution in [3.05, 3.63) is 52.1 Å². The number of rotatable bonds is 4. The number of carbonyl (C=O) groups is 1. The molecule has 1 aliphatic rings. The summed E-state index contributed by atoms with van der Waals surface area (Å²) in [5.41, 5.74) is -1.21. The van der Waals surface area contributed by atoms with Crippen molar-refractivity contribution in [1.29, 1.82) is 0 Å². The molecule has 3 rings (SSSR count). The molecule has 2 heterocycles. The molecule has 2 aromatic rings. The second-order valence-corrected chi connectivity index (χ2v) is 9.45. The van der Waals surface area contributed by atoms with Crippen LogP contribution in [0.1, 0.15) is 18.4 Å². The van der Waals surface area contributed by atoms with Gasteiger partial charge in [0.25, 0.3) is 0 Å². The molecule has 0 atom stereocenters.